The van der Waals surface area contributed by atoms with Crippen molar-refractivity contribution in [2.75, 3.05) is 5.73 Å². The highest BCUT2D eigenvalue weighted by molar-refractivity contribution is 6.59. The van der Waals surface area contributed by atoms with Crippen molar-refractivity contribution in [1.82, 2.24) is 4.98 Å². The Hall–Kier alpha value is -1.11. The average Bonchev–Trinajstić information content (AvgIpc) is 2.15. The first kappa shape index (κ1) is 14.0. The van der Waals surface area contributed by atoms with Gasteiger partial charge in [0.25, 0.3) is 0 Å². The molecule has 0 fully saturated rings. The first-order valence-electron chi connectivity index (χ1n) is 5.44. The van der Waals surface area contributed by atoms with Crippen LogP contribution in [0, 0.1) is 0 Å². The third kappa shape index (κ3) is 3.42. The maximum Gasteiger partial charge on any atom is 0.511 e. The van der Waals surface area contributed by atoms with Gasteiger partial charge >= 0.3 is 7.12 Å². The number of nitrogens with two attached hydrogens (primary N) is 1. The molecule has 0 bridgehead atoms. The van der Waals surface area contributed by atoms with Gasteiger partial charge in [-0.05, 0) is 39.8 Å². The third-order valence-electron chi connectivity index (χ3n) is 2.92. The Morgan fingerprint density at radius 1 is 1.29 bits per heavy atom. The predicted octanol–water partition coefficient (Wildman–Crippen LogP) is -0.0826. The quantitative estimate of drug-likeness (QED) is 0.638. The van der Waals surface area contributed by atoms with Crippen LogP contribution < -0.4 is 11.3 Å². The fourth-order valence-electron chi connectivity index (χ4n) is 1.09. The second-order valence-electron chi connectivity index (χ2n) is 5.03. The summed E-state index contributed by atoms with van der Waals surface area (Å²) in [5.74, 6) is 0.311. The van der Waals surface area contributed by atoms with Crippen molar-refractivity contribution in [3.05, 3.63) is 18.2 Å². The van der Waals surface area contributed by atoms with Crippen LogP contribution in [0.2, 0.25) is 0 Å². The summed E-state index contributed by atoms with van der Waals surface area (Å²) >= 11 is 0. The molecule has 5 nitrogen and oxygen atoms in total. The molecule has 17 heavy (non-hydrogen) atoms. The second-order valence-corrected chi connectivity index (χ2v) is 5.03. The minimum Gasteiger partial charge on any atom is -0.422 e. The van der Waals surface area contributed by atoms with E-state index in [0.29, 0.717) is 11.4 Å². The molecule has 0 aromatic carbocycles. The SMILES string of the molecule is CC(C)(O)C(C)(C)OB(O)c1cccc(N)n1. The molecule has 0 atom stereocenters. The van der Waals surface area contributed by atoms with Crippen LogP contribution in [0.5, 0.6) is 0 Å². The topological polar surface area (TPSA) is 88.6 Å². The van der Waals surface area contributed by atoms with Crippen molar-refractivity contribution in [2.24, 2.45) is 0 Å². The predicted molar refractivity (Wildman–Crippen MR) is 67.7 cm³/mol. The molecule has 1 heterocycles. The van der Waals surface area contributed by atoms with E-state index in [0.717, 1.165) is 0 Å². The molecular formula is C11H19BN2O3. The molecule has 0 saturated carbocycles. The van der Waals surface area contributed by atoms with Gasteiger partial charge in [-0.1, -0.05) is 6.07 Å². The lowest BCUT2D eigenvalue weighted by Crippen LogP contribution is -2.53. The largest absolute Gasteiger partial charge is 0.511 e. The van der Waals surface area contributed by atoms with Crippen molar-refractivity contribution in [3.8, 4) is 0 Å². The lowest BCUT2D eigenvalue weighted by atomic mass is 9.80. The van der Waals surface area contributed by atoms with Crippen LogP contribution in [0.25, 0.3) is 0 Å². The van der Waals surface area contributed by atoms with Gasteiger partial charge in [0, 0.05) is 0 Å². The number of aromatic nitrogens is 1. The monoisotopic (exact) mass is 238 g/mol. The van der Waals surface area contributed by atoms with Gasteiger partial charge in [0.15, 0.2) is 0 Å². The van der Waals surface area contributed by atoms with E-state index in [1.54, 1.807) is 45.9 Å². The fourth-order valence-corrected chi connectivity index (χ4v) is 1.09. The number of aliphatic hydroxyl groups is 1. The molecule has 0 aliphatic rings. The zero-order valence-corrected chi connectivity index (χ0v) is 10.6. The number of rotatable bonds is 4. The first-order chi connectivity index (χ1) is 7.63. The zero-order valence-electron chi connectivity index (χ0n) is 10.6. The van der Waals surface area contributed by atoms with Crippen molar-refractivity contribution in [1.29, 1.82) is 0 Å². The lowest BCUT2D eigenvalue weighted by Gasteiger charge is -2.38. The van der Waals surface area contributed by atoms with E-state index in [4.69, 9.17) is 10.4 Å². The van der Waals surface area contributed by atoms with E-state index >= 15 is 0 Å². The van der Waals surface area contributed by atoms with Crippen molar-refractivity contribution < 1.29 is 14.8 Å². The fraction of sp³-hybridized carbons (Fsp3) is 0.545. The highest BCUT2D eigenvalue weighted by atomic mass is 16.5. The maximum absolute atomic E-state index is 9.91. The van der Waals surface area contributed by atoms with Crippen LogP contribution in [0.4, 0.5) is 5.82 Å². The molecule has 1 rings (SSSR count). The minimum atomic E-state index is -1.22. The Kier molecular flexibility index (Phi) is 3.81. The summed E-state index contributed by atoms with van der Waals surface area (Å²) in [6, 6.07) is 4.92. The Balaban J connectivity index is 2.83. The van der Waals surface area contributed by atoms with Crippen LogP contribution in [0.1, 0.15) is 27.7 Å². The molecule has 0 radical (unpaired) electrons. The summed E-state index contributed by atoms with van der Waals surface area (Å²) in [4.78, 5) is 3.96. The molecule has 0 saturated heterocycles. The van der Waals surface area contributed by atoms with Gasteiger partial charge in [0.05, 0.1) is 16.8 Å². The molecule has 94 valence electrons. The van der Waals surface area contributed by atoms with Gasteiger partial charge < -0.3 is 20.5 Å². The van der Waals surface area contributed by atoms with Crippen molar-refractivity contribution >= 4 is 18.5 Å². The summed E-state index contributed by atoms with van der Waals surface area (Å²) in [7, 11) is -1.22. The lowest BCUT2D eigenvalue weighted by molar-refractivity contribution is -0.0983. The molecule has 0 aliphatic carbocycles. The van der Waals surface area contributed by atoms with Crippen LogP contribution in [0.15, 0.2) is 18.2 Å². The second kappa shape index (κ2) is 4.64. The van der Waals surface area contributed by atoms with Gasteiger partial charge in [0.2, 0.25) is 0 Å². The molecule has 6 heteroatoms. The van der Waals surface area contributed by atoms with Crippen LogP contribution in [-0.4, -0.2) is 33.4 Å². The van der Waals surface area contributed by atoms with Gasteiger partial charge in [-0.15, -0.1) is 0 Å². The van der Waals surface area contributed by atoms with E-state index in [1.807, 2.05) is 0 Å². The first-order valence-corrected chi connectivity index (χ1v) is 5.44. The summed E-state index contributed by atoms with van der Waals surface area (Å²) in [5.41, 5.74) is 3.83. The smallest absolute Gasteiger partial charge is 0.422 e. The van der Waals surface area contributed by atoms with E-state index in [9.17, 15) is 10.1 Å². The molecule has 0 amide bonds. The molecule has 1 aromatic heterocycles. The number of hydrogen-bond acceptors (Lipinski definition) is 5. The Bertz CT molecular complexity index is 391. The van der Waals surface area contributed by atoms with Gasteiger partial charge in [-0.3, -0.25) is 0 Å². The summed E-state index contributed by atoms with van der Waals surface area (Å²) in [5, 5.41) is 19.8. The number of nitrogens with zero attached hydrogens (tertiary/aromatic N) is 1. The Morgan fingerprint density at radius 2 is 1.88 bits per heavy atom. The molecule has 0 unspecified atom stereocenters. The molecular weight excluding hydrogens is 219 g/mol. The number of pyridine rings is 1. The van der Waals surface area contributed by atoms with E-state index in [2.05, 4.69) is 4.98 Å². The Morgan fingerprint density at radius 3 is 2.35 bits per heavy atom. The van der Waals surface area contributed by atoms with Crippen LogP contribution in [0.3, 0.4) is 0 Å². The van der Waals surface area contributed by atoms with Crippen LogP contribution >= 0.6 is 0 Å². The number of hydrogen-bond donors (Lipinski definition) is 3. The standard InChI is InChI=1S/C11H19BN2O3/c1-10(2,15)11(3,4)17-12(16)8-6-5-7-9(13)14-8/h5-7,15-16H,1-4H3,(H2,13,14). The van der Waals surface area contributed by atoms with E-state index in [-0.39, 0.29) is 0 Å². The summed E-state index contributed by atoms with van der Waals surface area (Å²) < 4.78 is 5.43. The van der Waals surface area contributed by atoms with Crippen molar-refractivity contribution in [3.63, 3.8) is 0 Å². The molecule has 0 spiro atoms. The van der Waals surface area contributed by atoms with E-state index < -0.39 is 18.3 Å². The highest BCUT2D eigenvalue weighted by Gasteiger charge is 2.39. The molecule has 4 N–H and O–H groups in total. The molecule has 1 aromatic rings. The van der Waals surface area contributed by atoms with Gasteiger partial charge in [-0.25, -0.2) is 4.98 Å². The molecule has 0 aliphatic heterocycles. The van der Waals surface area contributed by atoms with Gasteiger partial charge in [0.1, 0.15) is 5.82 Å². The van der Waals surface area contributed by atoms with E-state index in [1.165, 1.54) is 0 Å². The van der Waals surface area contributed by atoms with Crippen LogP contribution in [-0.2, 0) is 4.65 Å². The third-order valence-corrected chi connectivity index (χ3v) is 2.92. The zero-order chi connectivity index (χ0) is 13.3. The van der Waals surface area contributed by atoms with Gasteiger partial charge in [-0.2, -0.15) is 0 Å². The number of anilines is 1. The van der Waals surface area contributed by atoms with Crippen molar-refractivity contribution in [2.45, 2.75) is 38.9 Å². The number of nitrogen functional groups attached to an aromatic ring is 1. The Labute approximate surface area is 102 Å². The minimum absolute atomic E-state index is 0.311. The summed E-state index contributed by atoms with van der Waals surface area (Å²) in [6.45, 7) is 6.63. The normalized spacial score (nSPS) is 12.6. The summed E-state index contributed by atoms with van der Waals surface area (Å²) in [6.07, 6.45) is 0. The highest BCUT2D eigenvalue weighted by Crippen LogP contribution is 2.25. The maximum atomic E-state index is 9.91. The average molecular weight is 238 g/mol.